The van der Waals surface area contributed by atoms with E-state index < -0.39 is 0 Å². The Bertz CT molecular complexity index is 351. The number of rotatable bonds is 7. The van der Waals surface area contributed by atoms with Crippen LogP contribution in [0.3, 0.4) is 0 Å². The molecule has 1 rings (SSSR count). The van der Waals surface area contributed by atoms with Crippen LogP contribution in [-0.2, 0) is 14.4 Å². The third kappa shape index (κ3) is 4.34. The van der Waals surface area contributed by atoms with Crippen molar-refractivity contribution in [1.82, 2.24) is 4.90 Å². The van der Waals surface area contributed by atoms with Crippen molar-refractivity contribution in [2.24, 2.45) is 0 Å². The van der Waals surface area contributed by atoms with E-state index in [9.17, 15) is 14.4 Å². The first-order valence-electron chi connectivity index (χ1n) is 5.85. The van der Waals surface area contributed by atoms with Crippen molar-refractivity contribution in [3.05, 3.63) is 24.3 Å². The fourth-order valence-electron chi connectivity index (χ4n) is 1.57. The lowest BCUT2D eigenvalue weighted by atomic mass is 10.1. The van der Waals surface area contributed by atoms with Gasteiger partial charge in [-0.05, 0) is 12.8 Å². The molecule has 0 N–H and O–H groups in total. The van der Waals surface area contributed by atoms with Gasteiger partial charge in [-0.3, -0.25) is 19.3 Å². The molecule has 0 aliphatic carbocycles. The van der Waals surface area contributed by atoms with Crippen LogP contribution in [0.1, 0.15) is 32.6 Å². The molecule has 17 heavy (non-hydrogen) atoms. The number of imide groups is 1. The third-order valence-corrected chi connectivity index (χ3v) is 2.49. The van der Waals surface area contributed by atoms with Crippen LogP contribution in [0.5, 0.6) is 0 Å². The smallest absolute Gasteiger partial charge is 0.253 e. The van der Waals surface area contributed by atoms with E-state index in [0.29, 0.717) is 25.8 Å². The van der Waals surface area contributed by atoms with E-state index in [1.165, 1.54) is 12.2 Å². The van der Waals surface area contributed by atoms with E-state index in [2.05, 4.69) is 0 Å². The van der Waals surface area contributed by atoms with Gasteiger partial charge in [-0.1, -0.05) is 19.1 Å². The maximum absolute atomic E-state index is 11.4. The largest absolute Gasteiger partial charge is 0.299 e. The van der Waals surface area contributed by atoms with Gasteiger partial charge in [-0.25, -0.2) is 0 Å². The molecule has 1 aliphatic rings. The fourth-order valence-corrected chi connectivity index (χ4v) is 1.57. The zero-order valence-electron chi connectivity index (χ0n) is 10.0. The lowest BCUT2D eigenvalue weighted by Gasteiger charge is -2.12. The van der Waals surface area contributed by atoms with E-state index in [-0.39, 0.29) is 17.6 Å². The quantitative estimate of drug-likeness (QED) is 0.497. The summed E-state index contributed by atoms with van der Waals surface area (Å²) >= 11 is 0. The van der Waals surface area contributed by atoms with E-state index in [1.807, 2.05) is 19.1 Å². The number of allylic oxidation sites excluding steroid dienone is 2. The van der Waals surface area contributed by atoms with Crippen molar-refractivity contribution in [2.45, 2.75) is 32.6 Å². The van der Waals surface area contributed by atoms with Crippen LogP contribution in [0.25, 0.3) is 0 Å². The zero-order valence-corrected chi connectivity index (χ0v) is 10.0. The molecule has 0 saturated heterocycles. The summed E-state index contributed by atoms with van der Waals surface area (Å²) in [5, 5.41) is 0. The Hall–Kier alpha value is -1.71. The number of hydrogen-bond acceptors (Lipinski definition) is 3. The van der Waals surface area contributed by atoms with Crippen LogP contribution >= 0.6 is 0 Å². The molecule has 2 amide bonds. The SMILES string of the molecule is CC/C=C\CC(=O)CCCN1C(=O)C=CC1=O. The average molecular weight is 235 g/mol. The maximum atomic E-state index is 11.4. The predicted octanol–water partition coefficient (Wildman–Crippen LogP) is 1.62. The first-order valence-corrected chi connectivity index (χ1v) is 5.85. The fraction of sp³-hybridized carbons (Fsp3) is 0.462. The van der Waals surface area contributed by atoms with Crippen molar-refractivity contribution in [2.75, 3.05) is 6.54 Å². The molecule has 0 bridgehead atoms. The Labute approximate surface area is 101 Å². The molecule has 1 heterocycles. The van der Waals surface area contributed by atoms with Crippen LogP contribution < -0.4 is 0 Å². The number of amides is 2. The van der Waals surface area contributed by atoms with Crippen LogP contribution in [0, 0.1) is 0 Å². The second-order valence-corrected chi connectivity index (χ2v) is 3.89. The average Bonchev–Trinajstić information content (AvgIpc) is 2.61. The van der Waals surface area contributed by atoms with Crippen LogP contribution in [0.2, 0.25) is 0 Å². The Balaban J connectivity index is 2.20. The highest BCUT2D eigenvalue weighted by atomic mass is 16.2. The third-order valence-electron chi connectivity index (χ3n) is 2.49. The Morgan fingerprint density at radius 1 is 1.24 bits per heavy atom. The molecule has 1 aliphatic heterocycles. The minimum absolute atomic E-state index is 0.141. The molecule has 0 unspecified atom stereocenters. The minimum atomic E-state index is -0.284. The standard InChI is InChI=1S/C13H17NO3/c1-2-3-4-6-11(15)7-5-10-14-12(16)8-9-13(14)17/h3-4,8-9H,2,5-7,10H2,1H3/b4-3-. The zero-order chi connectivity index (χ0) is 12.7. The molecule has 4 nitrogen and oxygen atoms in total. The summed E-state index contributed by atoms with van der Waals surface area (Å²) in [6.07, 6.45) is 8.64. The lowest BCUT2D eigenvalue weighted by Crippen LogP contribution is -2.31. The van der Waals surface area contributed by atoms with Gasteiger partial charge in [-0.2, -0.15) is 0 Å². The number of ketones is 1. The topological polar surface area (TPSA) is 54.5 Å². The molecule has 0 aromatic heterocycles. The van der Waals surface area contributed by atoms with Crippen molar-refractivity contribution >= 4 is 17.6 Å². The molecule has 4 heteroatoms. The van der Waals surface area contributed by atoms with Crippen LogP contribution in [0.4, 0.5) is 0 Å². The number of carbonyl (C=O) groups is 3. The van der Waals surface area contributed by atoms with Crippen molar-refractivity contribution in [3.8, 4) is 0 Å². The van der Waals surface area contributed by atoms with Gasteiger partial charge < -0.3 is 0 Å². The lowest BCUT2D eigenvalue weighted by molar-refractivity contribution is -0.137. The molecule has 0 fully saturated rings. The summed E-state index contributed by atoms with van der Waals surface area (Å²) in [6, 6.07) is 0. The molecule has 0 radical (unpaired) electrons. The van der Waals surface area contributed by atoms with E-state index in [1.54, 1.807) is 0 Å². The minimum Gasteiger partial charge on any atom is -0.299 e. The van der Waals surface area contributed by atoms with Gasteiger partial charge in [0.1, 0.15) is 5.78 Å². The monoisotopic (exact) mass is 235 g/mol. The summed E-state index contributed by atoms with van der Waals surface area (Å²) in [6.45, 7) is 2.34. The molecule has 0 aromatic carbocycles. The van der Waals surface area contributed by atoms with Gasteiger partial charge in [0.2, 0.25) is 0 Å². The first kappa shape index (κ1) is 13.4. The van der Waals surface area contributed by atoms with Gasteiger partial charge in [0, 0.05) is 31.5 Å². The van der Waals surface area contributed by atoms with E-state index >= 15 is 0 Å². The number of hydrogen-bond donors (Lipinski definition) is 0. The van der Waals surface area contributed by atoms with Gasteiger partial charge in [-0.15, -0.1) is 0 Å². The summed E-state index contributed by atoms with van der Waals surface area (Å²) < 4.78 is 0. The number of nitrogens with zero attached hydrogens (tertiary/aromatic N) is 1. The highest BCUT2D eigenvalue weighted by molar-refractivity contribution is 6.12. The van der Waals surface area contributed by atoms with E-state index in [4.69, 9.17) is 0 Å². The molecule has 0 atom stereocenters. The number of carbonyl (C=O) groups excluding carboxylic acids is 3. The van der Waals surface area contributed by atoms with Gasteiger partial charge >= 0.3 is 0 Å². The predicted molar refractivity (Wildman–Crippen MR) is 64.1 cm³/mol. The first-order chi connectivity index (χ1) is 8.15. The number of Topliss-reactive ketones (excluding diaryl/α,β-unsaturated/α-hetero) is 1. The summed E-state index contributed by atoms with van der Waals surface area (Å²) in [5.74, 6) is -0.427. The highest BCUT2D eigenvalue weighted by Crippen LogP contribution is 2.06. The second kappa shape index (κ2) is 6.78. The summed E-state index contributed by atoms with van der Waals surface area (Å²) in [5.41, 5.74) is 0. The Kier molecular flexibility index (Phi) is 5.33. The molecule has 92 valence electrons. The van der Waals surface area contributed by atoms with E-state index in [0.717, 1.165) is 11.3 Å². The van der Waals surface area contributed by atoms with Crippen molar-refractivity contribution in [1.29, 1.82) is 0 Å². The second-order valence-electron chi connectivity index (χ2n) is 3.89. The Morgan fingerprint density at radius 2 is 1.88 bits per heavy atom. The summed E-state index contributed by atoms with van der Waals surface area (Å²) in [7, 11) is 0. The van der Waals surface area contributed by atoms with Crippen LogP contribution in [0.15, 0.2) is 24.3 Å². The molecular weight excluding hydrogens is 218 g/mol. The van der Waals surface area contributed by atoms with Crippen LogP contribution in [-0.4, -0.2) is 29.0 Å². The van der Waals surface area contributed by atoms with Crippen molar-refractivity contribution in [3.63, 3.8) is 0 Å². The van der Waals surface area contributed by atoms with Gasteiger partial charge in [0.25, 0.3) is 11.8 Å². The van der Waals surface area contributed by atoms with Gasteiger partial charge in [0.05, 0.1) is 0 Å². The normalized spacial score (nSPS) is 15.2. The maximum Gasteiger partial charge on any atom is 0.253 e. The van der Waals surface area contributed by atoms with Crippen molar-refractivity contribution < 1.29 is 14.4 Å². The molecule has 0 saturated carbocycles. The summed E-state index contributed by atoms with van der Waals surface area (Å²) in [4.78, 5) is 34.9. The molecule has 0 spiro atoms. The molecular formula is C13H17NO3. The molecule has 0 aromatic rings. The van der Waals surface area contributed by atoms with Gasteiger partial charge in [0.15, 0.2) is 0 Å². The Morgan fingerprint density at radius 3 is 2.47 bits per heavy atom. The highest BCUT2D eigenvalue weighted by Gasteiger charge is 2.22.